The van der Waals surface area contributed by atoms with Gasteiger partial charge in [0, 0.05) is 12.2 Å². The molecular weight excluding hydrogens is 243 g/mol. The van der Waals surface area contributed by atoms with Crippen LogP contribution in [0.4, 0.5) is 0 Å². The zero-order chi connectivity index (χ0) is 11.1. The molecule has 1 saturated heterocycles. The maximum Gasteiger partial charge on any atom is 0.147 e. The van der Waals surface area contributed by atoms with Gasteiger partial charge in [0.25, 0.3) is 0 Å². The number of hydrogen-bond acceptors (Lipinski definition) is 2. The van der Waals surface area contributed by atoms with Crippen molar-refractivity contribution in [2.24, 2.45) is 5.92 Å². The van der Waals surface area contributed by atoms with Crippen LogP contribution < -0.4 is 5.32 Å². The van der Waals surface area contributed by atoms with Crippen LogP contribution in [0.3, 0.4) is 0 Å². The molecule has 16 heavy (non-hydrogen) atoms. The van der Waals surface area contributed by atoms with Crippen LogP contribution in [-0.2, 0) is 0 Å². The molecule has 0 amide bonds. The molecule has 0 unspecified atom stereocenters. The molecule has 0 spiro atoms. The molecule has 4 heteroatoms. The van der Waals surface area contributed by atoms with E-state index >= 15 is 0 Å². The van der Waals surface area contributed by atoms with Crippen molar-refractivity contribution in [3.8, 4) is 0 Å². The lowest BCUT2D eigenvalue weighted by atomic mass is 10.1. The van der Waals surface area contributed by atoms with Crippen molar-refractivity contribution in [1.82, 2.24) is 10.3 Å². The van der Waals surface area contributed by atoms with E-state index in [4.69, 9.17) is 23.2 Å². The molecule has 1 N–H and O–H groups in total. The topological polar surface area (TPSA) is 24.9 Å². The highest BCUT2D eigenvalue weighted by Crippen LogP contribution is 2.37. The molecule has 84 valence electrons. The van der Waals surface area contributed by atoms with Gasteiger partial charge in [-0.05, 0) is 42.5 Å². The van der Waals surface area contributed by atoms with Crippen LogP contribution in [0.15, 0.2) is 18.3 Å². The van der Waals surface area contributed by atoms with Crippen LogP contribution in [0.25, 0.3) is 5.57 Å². The smallest absolute Gasteiger partial charge is 0.147 e. The Labute approximate surface area is 105 Å². The predicted octanol–water partition coefficient (Wildman–Crippen LogP) is 3.15. The molecule has 0 bridgehead atoms. The Morgan fingerprint density at radius 2 is 2.25 bits per heavy atom. The van der Waals surface area contributed by atoms with Crippen molar-refractivity contribution in [2.75, 3.05) is 6.54 Å². The summed E-state index contributed by atoms with van der Waals surface area (Å²) in [7, 11) is 0. The van der Waals surface area contributed by atoms with E-state index in [1.807, 2.05) is 6.07 Å². The minimum atomic E-state index is 0.377. The first-order valence-corrected chi connectivity index (χ1v) is 6.25. The van der Waals surface area contributed by atoms with Gasteiger partial charge in [-0.2, -0.15) is 0 Å². The first-order chi connectivity index (χ1) is 7.74. The number of rotatable bonds is 1. The Morgan fingerprint density at radius 3 is 3.00 bits per heavy atom. The molecule has 2 nitrogen and oxygen atoms in total. The molecular formula is C12H12Cl2N2. The van der Waals surface area contributed by atoms with Gasteiger partial charge in [-0.1, -0.05) is 29.3 Å². The van der Waals surface area contributed by atoms with Crippen molar-refractivity contribution < 1.29 is 0 Å². The quantitative estimate of drug-likeness (QED) is 0.780. The molecule has 0 saturated carbocycles. The summed E-state index contributed by atoms with van der Waals surface area (Å²) in [6, 6.07) is 2.52. The van der Waals surface area contributed by atoms with Crippen LogP contribution in [-0.4, -0.2) is 17.6 Å². The van der Waals surface area contributed by atoms with Crippen LogP contribution in [0, 0.1) is 5.92 Å². The van der Waals surface area contributed by atoms with Gasteiger partial charge in [0.05, 0.1) is 5.02 Å². The standard InChI is InChI=1S/C12H12Cl2N2/c13-10-4-9(6-16-12(10)14)8-3-7-1-2-15-11(7)5-8/h3-4,6-7,11,15H,1-2,5H2/t7-,11+/m1/s1. The minimum Gasteiger partial charge on any atom is -0.313 e. The SMILES string of the molecule is Clc1cc(C2=C[C@H]3CCN[C@H]3C2)cnc1Cl. The third-order valence-corrected chi connectivity index (χ3v) is 4.11. The number of hydrogen-bond donors (Lipinski definition) is 1. The lowest BCUT2D eigenvalue weighted by Gasteiger charge is -2.08. The third kappa shape index (κ3) is 1.75. The van der Waals surface area contributed by atoms with Gasteiger partial charge < -0.3 is 5.32 Å². The zero-order valence-electron chi connectivity index (χ0n) is 8.71. The van der Waals surface area contributed by atoms with Crippen LogP contribution in [0.5, 0.6) is 0 Å². The summed E-state index contributed by atoms with van der Waals surface area (Å²) in [6.45, 7) is 1.14. The predicted molar refractivity (Wildman–Crippen MR) is 66.7 cm³/mol. The maximum absolute atomic E-state index is 5.98. The number of nitrogens with zero attached hydrogens (tertiary/aromatic N) is 1. The molecule has 2 atom stereocenters. The number of aromatic nitrogens is 1. The highest BCUT2D eigenvalue weighted by atomic mass is 35.5. The summed E-state index contributed by atoms with van der Waals surface area (Å²) in [5.41, 5.74) is 2.44. The van der Waals surface area contributed by atoms with Gasteiger partial charge in [0.1, 0.15) is 5.15 Å². The zero-order valence-corrected chi connectivity index (χ0v) is 10.2. The molecule has 2 heterocycles. The fourth-order valence-corrected chi connectivity index (χ4v) is 2.85. The first-order valence-electron chi connectivity index (χ1n) is 5.49. The Kier molecular flexibility index (Phi) is 2.66. The van der Waals surface area contributed by atoms with Gasteiger partial charge in [-0.25, -0.2) is 4.98 Å². The van der Waals surface area contributed by atoms with Crippen molar-refractivity contribution >= 4 is 28.8 Å². The summed E-state index contributed by atoms with van der Waals surface area (Å²) in [4.78, 5) is 4.09. The monoisotopic (exact) mass is 254 g/mol. The van der Waals surface area contributed by atoms with E-state index in [-0.39, 0.29) is 0 Å². The van der Waals surface area contributed by atoms with Gasteiger partial charge in [-0.15, -0.1) is 0 Å². The van der Waals surface area contributed by atoms with Gasteiger partial charge in [-0.3, -0.25) is 0 Å². The van der Waals surface area contributed by atoms with Crippen molar-refractivity contribution in [3.63, 3.8) is 0 Å². The van der Waals surface area contributed by atoms with E-state index in [0.29, 0.717) is 22.1 Å². The Bertz CT molecular complexity index is 456. The molecule has 3 rings (SSSR count). The van der Waals surface area contributed by atoms with Gasteiger partial charge in [0.2, 0.25) is 0 Å². The number of pyridine rings is 1. The molecule has 0 radical (unpaired) electrons. The van der Waals surface area contributed by atoms with Gasteiger partial charge >= 0.3 is 0 Å². The molecule has 2 aliphatic rings. The van der Waals surface area contributed by atoms with Crippen molar-refractivity contribution in [1.29, 1.82) is 0 Å². The molecule has 1 fully saturated rings. The summed E-state index contributed by atoms with van der Waals surface area (Å²) in [5, 5.41) is 4.42. The second-order valence-corrected chi connectivity index (χ2v) is 5.17. The van der Waals surface area contributed by atoms with Crippen molar-refractivity contribution in [2.45, 2.75) is 18.9 Å². The van der Waals surface area contributed by atoms with Crippen molar-refractivity contribution in [3.05, 3.63) is 34.1 Å². The molecule has 0 aromatic carbocycles. The second-order valence-electron chi connectivity index (χ2n) is 4.41. The average molecular weight is 255 g/mol. The number of nitrogens with one attached hydrogen (secondary N) is 1. The third-order valence-electron chi connectivity index (χ3n) is 3.42. The summed E-state index contributed by atoms with van der Waals surface area (Å²) < 4.78 is 0. The van der Waals surface area contributed by atoms with E-state index in [1.165, 1.54) is 12.0 Å². The normalized spacial score (nSPS) is 28.0. The fourth-order valence-electron chi connectivity index (χ4n) is 2.59. The molecule has 1 aromatic heterocycles. The molecule has 1 aromatic rings. The Morgan fingerprint density at radius 1 is 1.38 bits per heavy atom. The second kappa shape index (κ2) is 4.02. The number of halogens is 2. The van der Waals surface area contributed by atoms with E-state index in [0.717, 1.165) is 18.5 Å². The Hall–Kier alpha value is -0.570. The van der Waals surface area contributed by atoms with E-state index in [1.54, 1.807) is 6.20 Å². The highest BCUT2D eigenvalue weighted by molar-refractivity contribution is 6.41. The van der Waals surface area contributed by atoms with E-state index in [9.17, 15) is 0 Å². The lowest BCUT2D eigenvalue weighted by molar-refractivity contribution is 0.563. The van der Waals surface area contributed by atoms with Crippen LogP contribution in [0.2, 0.25) is 10.2 Å². The fraction of sp³-hybridized carbons (Fsp3) is 0.417. The highest BCUT2D eigenvalue weighted by Gasteiger charge is 2.31. The molecule has 1 aliphatic heterocycles. The van der Waals surface area contributed by atoms with E-state index < -0.39 is 0 Å². The first kappa shape index (κ1) is 10.6. The largest absolute Gasteiger partial charge is 0.313 e. The lowest BCUT2D eigenvalue weighted by Crippen LogP contribution is -2.22. The average Bonchev–Trinajstić information content (AvgIpc) is 2.81. The van der Waals surface area contributed by atoms with Crippen LogP contribution in [0.1, 0.15) is 18.4 Å². The summed E-state index contributed by atoms with van der Waals surface area (Å²) in [6.07, 6.45) is 6.47. The maximum atomic E-state index is 5.98. The summed E-state index contributed by atoms with van der Waals surface area (Å²) in [5.74, 6) is 0.685. The minimum absolute atomic E-state index is 0.377. The Balaban J connectivity index is 1.90. The van der Waals surface area contributed by atoms with Gasteiger partial charge in [0.15, 0.2) is 0 Å². The summed E-state index contributed by atoms with van der Waals surface area (Å²) >= 11 is 11.8. The van der Waals surface area contributed by atoms with Crippen LogP contribution >= 0.6 is 23.2 Å². The van der Waals surface area contributed by atoms with E-state index in [2.05, 4.69) is 16.4 Å². The number of fused-ring (bicyclic) bond motifs is 1. The molecule has 1 aliphatic carbocycles.